The Kier molecular flexibility index (Phi) is 6.62. The number of ether oxygens (including phenoxy) is 1. The van der Waals surface area contributed by atoms with Crippen molar-refractivity contribution in [1.82, 2.24) is 25.5 Å². The van der Waals surface area contributed by atoms with Crippen molar-refractivity contribution in [3.8, 4) is 5.75 Å². The lowest BCUT2D eigenvalue weighted by molar-refractivity contribution is 0.0977. The van der Waals surface area contributed by atoms with Crippen LogP contribution in [-0.4, -0.2) is 37.8 Å². The number of nitrogens with zero attached hydrogens (tertiary/aromatic N) is 4. The van der Waals surface area contributed by atoms with Crippen LogP contribution in [0.3, 0.4) is 0 Å². The minimum atomic E-state index is -0.338. The molecule has 0 spiro atoms. The summed E-state index contributed by atoms with van der Waals surface area (Å²) in [5.74, 6) is 0.553. The van der Waals surface area contributed by atoms with Crippen LogP contribution < -0.4 is 15.4 Å². The van der Waals surface area contributed by atoms with Crippen LogP contribution in [0, 0.1) is 0 Å². The number of benzene rings is 1. The summed E-state index contributed by atoms with van der Waals surface area (Å²) in [6.45, 7) is 5.30. The van der Waals surface area contributed by atoms with Crippen LogP contribution in [0.5, 0.6) is 5.75 Å². The summed E-state index contributed by atoms with van der Waals surface area (Å²) in [6.07, 6.45) is 1.80. The second-order valence-electron chi connectivity index (χ2n) is 4.99. The van der Waals surface area contributed by atoms with Gasteiger partial charge < -0.3 is 4.74 Å². The van der Waals surface area contributed by atoms with Crippen LogP contribution in [0.4, 0.5) is 5.95 Å². The number of aromatic nitrogens is 4. The smallest absolute Gasteiger partial charge is 0.269 e. The van der Waals surface area contributed by atoms with Gasteiger partial charge in [0.05, 0.1) is 13.2 Å². The zero-order valence-electron chi connectivity index (χ0n) is 13.7. The number of tetrazole rings is 1. The summed E-state index contributed by atoms with van der Waals surface area (Å²) in [7, 11) is 0. The maximum atomic E-state index is 12.2. The minimum absolute atomic E-state index is 0.107. The fourth-order valence-corrected chi connectivity index (χ4v) is 2.03. The van der Waals surface area contributed by atoms with Crippen LogP contribution in [0.25, 0.3) is 0 Å². The molecule has 0 radical (unpaired) electrons. The molecule has 2 rings (SSSR count). The van der Waals surface area contributed by atoms with Gasteiger partial charge in [0, 0.05) is 5.56 Å². The summed E-state index contributed by atoms with van der Waals surface area (Å²) in [5, 5.41) is 17.2. The molecule has 0 bridgehead atoms. The Morgan fingerprint density at radius 1 is 1.33 bits per heavy atom. The monoisotopic (exact) mass is 348 g/mol. The maximum Gasteiger partial charge on any atom is 0.269 e. The van der Waals surface area contributed by atoms with Gasteiger partial charge in [-0.3, -0.25) is 15.4 Å². The van der Waals surface area contributed by atoms with Crippen molar-refractivity contribution < 1.29 is 9.53 Å². The highest BCUT2D eigenvalue weighted by molar-refractivity contribution is 7.80. The predicted molar refractivity (Wildman–Crippen MR) is 94.0 cm³/mol. The number of anilines is 1. The van der Waals surface area contributed by atoms with Crippen molar-refractivity contribution in [2.75, 3.05) is 11.9 Å². The summed E-state index contributed by atoms with van der Waals surface area (Å²) in [5.41, 5.74) is 0.454. The highest BCUT2D eigenvalue weighted by Crippen LogP contribution is 2.13. The molecule has 0 aliphatic carbocycles. The molecule has 0 aliphatic heterocycles. The van der Waals surface area contributed by atoms with E-state index in [1.54, 1.807) is 24.3 Å². The van der Waals surface area contributed by atoms with E-state index in [9.17, 15) is 4.79 Å². The molecule has 2 N–H and O–H groups in total. The SMILES string of the molecule is CCCOc1cccc(C(=O)NC(=S)Nc2nnn(CCC)n2)c1. The van der Waals surface area contributed by atoms with Gasteiger partial charge in [-0.25, -0.2) is 0 Å². The Balaban J connectivity index is 1.92. The van der Waals surface area contributed by atoms with Crippen LogP contribution in [0.15, 0.2) is 24.3 Å². The van der Waals surface area contributed by atoms with Gasteiger partial charge >= 0.3 is 0 Å². The first kappa shape index (κ1) is 17.8. The highest BCUT2D eigenvalue weighted by Gasteiger charge is 2.11. The van der Waals surface area contributed by atoms with Gasteiger partial charge in [0.15, 0.2) is 5.11 Å². The second-order valence-corrected chi connectivity index (χ2v) is 5.40. The van der Waals surface area contributed by atoms with Gasteiger partial charge in [-0.1, -0.05) is 25.0 Å². The average molecular weight is 348 g/mol. The molecule has 2 aromatic rings. The fraction of sp³-hybridized carbons (Fsp3) is 0.400. The minimum Gasteiger partial charge on any atom is -0.494 e. The zero-order valence-corrected chi connectivity index (χ0v) is 14.5. The Labute approximate surface area is 145 Å². The van der Waals surface area contributed by atoms with Crippen LogP contribution in [0.1, 0.15) is 37.0 Å². The van der Waals surface area contributed by atoms with Crippen LogP contribution in [-0.2, 0) is 6.54 Å². The molecular formula is C15H20N6O2S. The van der Waals surface area contributed by atoms with E-state index in [0.29, 0.717) is 24.5 Å². The van der Waals surface area contributed by atoms with Gasteiger partial charge in [0.1, 0.15) is 5.75 Å². The van der Waals surface area contributed by atoms with Crippen LogP contribution >= 0.6 is 12.2 Å². The number of hydrogen-bond donors (Lipinski definition) is 2. The topological polar surface area (TPSA) is 94.0 Å². The maximum absolute atomic E-state index is 12.2. The predicted octanol–water partition coefficient (Wildman–Crippen LogP) is 2.00. The molecule has 0 fully saturated rings. The molecule has 0 saturated carbocycles. The lowest BCUT2D eigenvalue weighted by atomic mass is 10.2. The van der Waals surface area contributed by atoms with Gasteiger partial charge in [-0.15, -0.1) is 5.10 Å². The molecule has 0 saturated heterocycles. The number of hydrogen-bond acceptors (Lipinski definition) is 6. The first-order valence-electron chi connectivity index (χ1n) is 7.75. The molecule has 1 aromatic heterocycles. The van der Waals surface area contributed by atoms with Gasteiger partial charge in [-0.05, 0) is 48.5 Å². The number of rotatable bonds is 7. The third-order valence-corrected chi connectivity index (χ3v) is 3.10. The van der Waals surface area contributed by atoms with E-state index in [0.717, 1.165) is 12.8 Å². The standard InChI is InChI=1S/C15H20N6O2S/c1-3-8-21-19-14(18-20-21)17-15(24)16-13(22)11-6-5-7-12(10-11)23-9-4-2/h5-7,10H,3-4,8-9H2,1-2H3,(H2,16,17,19,22,24). The number of nitrogens with one attached hydrogen (secondary N) is 2. The fourth-order valence-electron chi connectivity index (χ4n) is 1.84. The lowest BCUT2D eigenvalue weighted by Crippen LogP contribution is -2.34. The van der Waals surface area contributed by atoms with E-state index >= 15 is 0 Å². The van der Waals surface area contributed by atoms with Crippen molar-refractivity contribution in [3.63, 3.8) is 0 Å². The molecule has 9 heteroatoms. The van der Waals surface area contributed by atoms with Gasteiger partial charge in [-0.2, -0.15) is 4.80 Å². The number of carbonyl (C=O) groups excluding carboxylic acids is 1. The van der Waals surface area contributed by atoms with Crippen molar-refractivity contribution in [3.05, 3.63) is 29.8 Å². The van der Waals surface area contributed by atoms with E-state index in [2.05, 4.69) is 26.0 Å². The van der Waals surface area contributed by atoms with Crippen molar-refractivity contribution >= 4 is 29.2 Å². The van der Waals surface area contributed by atoms with Crippen molar-refractivity contribution in [2.24, 2.45) is 0 Å². The number of thiocarbonyl (C=S) groups is 1. The first-order valence-corrected chi connectivity index (χ1v) is 8.16. The molecule has 0 unspecified atom stereocenters. The van der Waals surface area contributed by atoms with E-state index in [1.165, 1.54) is 4.80 Å². The second kappa shape index (κ2) is 8.92. The van der Waals surface area contributed by atoms with Gasteiger partial charge in [0.2, 0.25) is 0 Å². The van der Waals surface area contributed by atoms with Crippen LogP contribution in [0.2, 0.25) is 0 Å². The number of amides is 1. The summed E-state index contributed by atoms with van der Waals surface area (Å²) < 4.78 is 5.51. The molecule has 8 nitrogen and oxygen atoms in total. The molecule has 1 heterocycles. The molecule has 1 aromatic carbocycles. The zero-order chi connectivity index (χ0) is 17.4. The summed E-state index contributed by atoms with van der Waals surface area (Å²) in [4.78, 5) is 13.7. The Hall–Kier alpha value is -2.55. The Morgan fingerprint density at radius 2 is 2.17 bits per heavy atom. The van der Waals surface area contributed by atoms with E-state index in [1.807, 2.05) is 13.8 Å². The normalized spacial score (nSPS) is 10.2. The van der Waals surface area contributed by atoms with E-state index in [-0.39, 0.29) is 17.0 Å². The molecule has 1 amide bonds. The van der Waals surface area contributed by atoms with Crippen molar-refractivity contribution in [1.29, 1.82) is 0 Å². The molecule has 24 heavy (non-hydrogen) atoms. The Bertz CT molecular complexity index is 703. The molecular weight excluding hydrogens is 328 g/mol. The van der Waals surface area contributed by atoms with E-state index < -0.39 is 0 Å². The average Bonchev–Trinajstić information content (AvgIpc) is 3.00. The quantitative estimate of drug-likeness (QED) is 0.739. The molecule has 128 valence electrons. The molecule has 0 aliphatic rings. The summed E-state index contributed by atoms with van der Waals surface area (Å²) >= 11 is 5.10. The number of carbonyl (C=O) groups is 1. The number of aryl methyl sites for hydroxylation is 1. The van der Waals surface area contributed by atoms with Gasteiger partial charge in [0.25, 0.3) is 11.9 Å². The Morgan fingerprint density at radius 3 is 2.92 bits per heavy atom. The highest BCUT2D eigenvalue weighted by atomic mass is 32.1. The van der Waals surface area contributed by atoms with Crippen molar-refractivity contribution in [2.45, 2.75) is 33.2 Å². The largest absolute Gasteiger partial charge is 0.494 e. The third kappa shape index (κ3) is 5.27. The lowest BCUT2D eigenvalue weighted by Gasteiger charge is -2.08. The third-order valence-electron chi connectivity index (χ3n) is 2.90. The first-order chi connectivity index (χ1) is 11.6. The summed E-state index contributed by atoms with van der Waals surface area (Å²) in [6, 6.07) is 6.92. The molecule has 0 atom stereocenters. The van der Waals surface area contributed by atoms with E-state index in [4.69, 9.17) is 17.0 Å².